The topological polar surface area (TPSA) is 41.6 Å². The van der Waals surface area contributed by atoms with Gasteiger partial charge in [0.2, 0.25) is 0 Å². The Labute approximate surface area is 111 Å². The number of hydrogen-bond acceptors (Lipinski definition) is 4. The molecule has 1 fully saturated rings. The zero-order chi connectivity index (χ0) is 13.4. The number of nitrogens with zero attached hydrogens (tertiary/aromatic N) is 1. The highest BCUT2D eigenvalue weighted by Gasteiger charge is 2.21. The lowest BCUT2D eigenvalue weighted by Gasteiger charge is -2.31. The Hall–Kier alpha value is -0.610. The second-order valence-electron chi connectivity index (χ2n) is 5.34. The van der Waals surface area contributed by atoms with Crippen LogP contribution in [0.2, 0.25) is 0 Å². The fraction of sp³-hybridized carbons (Fsp3) is 0.929. The van der Waals surface area contributed by atoms with Crippen LogP contribution in [0.5, 0.6) is 0 Å². The average Bonchev–Trinajstić information content (AvgIpc) is 2.40. The molecule has 1 unspecified atom stereocenters. The molecule has 1 atom stereocenters. The van der Waals surface area contributed by atoms with Crippen molar-refractivity contribution in [3.8, 4) is 0 Å². The van der Waals surface area contributed by atoms with Gasteiger partial charge >= 0.3 is 5.97 Å². The Morgan fingerprint density at radius 1 is 1.44 bits per heavy atom. The fourth-order valence-electron chi connectivity index (χ4n) is 2.36. The predicted molar refractivity (Wildman–Crippen MR) is 73.6 cm³/mol. The van der Waals surface area contributed by atoms with E-state index >= 15 is 0 Å². The molecule has 0 aromatic carbocycles. The first-order valence-corrected chi connectivity index (χ1v) is 7.21. The lowest BCUT2D eigenvalue weighted by atomic mass is 9.99. The molecular weight excluding hydrogens is 228 g/mol. The van der Waals surface area contributed by atoms with E-state index in [2.05, 4.69) is 24.1 Å². The number of piperidine rings is 1. The van der Waals surface area contributed by atoms with E-state index in [4.69, 9.17) is 4.74 Å². The second kappa shape index (κ2) is 8.48. The number of ether oxygens (including phenoxy) is 1. The molecule has 0 amide bonds. The summed E-state index contributed by atoms with van der Waals surface area (Å²) in [5.41, 5.74) is 0. The Morgan fingerprint density at radius 2 is 2.11 bits per heavy atom. The third-order valence-corrected chi connectivity index (χ3v) is 3.74. The van der Waals surface area contributed by atoms with Gasteiger partial charge in [-0.3, -0.25) is 4.79 Å². The first-order chi connectivity index (χ1) is 8.67. The molecule has 0 saturated carbocycles. The van der Waals surface area contributed by atoms with Crippen molar-refractivity contribution in [2.75, 3.05) is 33.3 Å². The van der Waals surface area contributed by atoms with Crippen LogP contribution in [0.15, 0.2) is 0 Å². The van der Waals surface area contributed by atoms with Gasteiger partial charge in [0.05, 0.1) is 7.11 Å². The van der Waals surface area contributed by atoms with Crippen molar-refractivity contribution < 1.29 is 9.53 Å². The molecule has 4 nitrogen and oxygen atoms in total. The number of rotatable bonds is 7. The van der Waals surface area contributed by atoms with Crippen LogP contribution in [0.25, 0.3) is 0 Å². The number of methoxy groups -OCH3 is 1. The van der Waals surface area contributed by atoms with Crippen molar-refractivity contribution in [3.63, 3.8) is 0 Å². The van der Waals surface area contributed by atoms with Crippen molar-refractivity contribution in [2.45, 2.75) is 45.6 Å². The molecule has 1 heterocycles. The Bertz CT molecular complexity index is 238. The van der Waals surface area contributed by atoms with Crippen LogP contribution in [-0.2, 0) is 9.53 Å². The predicted octanol–water partition coefficient (Wildman–Crippen LogP) is 1.65. The Morgan fingerprint density at radius 3 is 2.67 bits per heavy atom. The SMILES string of the molecule is CCCNC(CCN1CCC(C)CC1)C(=O)OC. The van der Waals surface area contributed by atoms with E-state index in [9.17, 15) is 4.79 Å². The maximum atomic E-state index is 11.6. The maximum absolute atomic E-state index is 11.6. The van der Waals surface area contributed by atoms with Crippen molar-refractivity contribution in [3.05, 3.63) is 0 Å². The van der Waals surface area contributed by atoms with Gasteiger partial charge < -0.3 is 15.0 Å². The molecule has 1 saturated heterocycles. The molecular formula is C14H28N2O2. The minimum atomic E-state index is -0.144. The van der Waals surface area contributed by atoms with E-state index in [0.29, 0.717) is 0 Å². The Balaban J connectivity index is 2.29. The monoisotopic (exact) mass is 256 g/mol. The summed E-state index contributed by atoms with van der Waals surface area (Å²) in [7, 11) is 1.46. The third kappa shape index (κ3) is 5.36. The number of carbonyl (C=O) groups excluding carboxylic acids is 1. The Kier molecular flexibility index (Phi) is 7.28. The van der Waals surface area contributed by atoms with Crippen molar-refractivity contribution in [1.29, 1.82) is 0 Å². The van der Waals surface area contributed by atoms with Gasteiger partial charge in [-0.25, -0.2) is 0 Å². The molecule has 0 spiro atoms. The van der Waals surface area contributed by atoms with Gasteiger partial charge in [-0.2, -0.15) is 0 Å². The smallest absolute Gasteiger partial charge is 0.322 e. The number of esters is 1. The molecule has 1 rings (SSSR count). The van der Waals surface area contributed by atoms with E-state index in [0.717, 1.165) is 31.8 Å². The first-order valence-electron chi connectivity index (χ1n) is 7.21. The fourth-order valence-corrected chi connectivity index (χ4v) is 2.36. The third-order valence-electron chi connectivity index (χ3n) is 3.74. The normalized spacial score (nSPS) is 19.7. The summed E-state index contributed by atoms with van der Waals surface area (Å²) in [6.45, 7) is 8.62. The summed E-state index contributed by atoms with van der Waals surface area (Å²) >= 11 is 0. The van der Waals surface area contributed by atoms with Crippen LogP contribution in [0, 0.1) is 5.92 Å². The largest absolute Gasteiger partial charge is 0.468 e. The number of hydrogen-bond donors (Lipinski definition) is 1. The summed E-state index contributed by atoms with van der Waals surface area (Å²) in [5.74, 6) is 0.727. The van der Waals surface area contributed by atoms with Gasteiger partial charge in [-0.15, -0.1) is 0 Å². The van der Waals surface area contributed by atoms with Crippen LogP contribution in [0.3, 0.4) is 0 Å². The highest BCUT2D eigenvalue weighted by Crippen LogP contribution is 2.16. The molecule has 4 heteroatoms. The zero-order valence-electron chi connectivity index (χ0n) is 12.1. The van der Waals surface area contributed by atoms with Gasteiger partial charge in [0.25, 0.3) is 0 Å². The quantitative estimate of drug-likeness (QED) is 0.703. The van der Waals surface area contributed by atoms with E-state index in [1.54, 1.807) is 0 Å². The van der Waals surface area contributed by atoms with Gasteiger partial charge in [-0.1, -0.05) is 13.8 Å². The molecule has 1 aliphatic heterocycles. The molecule has 0 bridgehead atoms. The summed E-state index contributed by atoms with van der Waals surface area (Å²) in [4.78, 5) is 14.1. The number of carbonyl (C=O) groups is 1. The minimum Gasteiger partial charge on any atom is -0.468 e. The van der Waals surface area contributed by atoms with Crippen LogP contribution < -0.4 is 5.32 Å². The molecule has 0 radical (unpaired) electrons. The maximum Gasteiger partial charge on any atom is 0.322 e. The zero-order valence-corrected chi connectivity index (χ0v) is 12.1. The van der Waals surface area contributed by atoms with Crippen LogP contribution in [0.1, 0.15) is 39.5 Å². The number of likely N-dealkylation sites (tertiary alicyclic amines) is 1. The lowest BCUT2D eigenvalue weighted by molar-refractivity contribution is -0.143. The van der Waals surface area contributed by atoms with Crippen LogP contribution >= 0.6 is 0 Å². The lowest BCUT2D eigenvalue weighted by Crippen LogP contribution is -2.42. The van der Waals surface area contributed by atoms with E-state index < -0.39 is 0 Å². The standard InChI is InChI=1S/C14H28N2O2/c1-4-8-15-13(14(17)18-3)7-11-16-9-5-12(2)6-10-16/h12-13,15H,4-11H2,1-3H3. The molecule has 0 aromatic heterocycles. The van der Waals surface area contributed by atoms with E-state index in [1.807, 2.05) is 0 Å². The van der Waals surface area contributed by atoms with E-state index in [-0.39, 0.29) is 12.0 Å². The van der Waals surface area contributed by atoms with Gasteiger partial charge in [0.1, 0.15) is 6.04 Å². The number of nitrogens with one attached hydrogen (secondary N) is 1. The molecule has 0 aliphatic carbocycles. The molecule has 18 heavy (non-hydrogen) atoms. The second-order valence-corrected chi connectivity index (χ2v) is 5.34. The van der Waals surface area contributed by atoms with Crippen molar-refractivity contribution in [1.82, 2.24) is 10.2 Å². The van der Waals surface area contributed by atoms with Crippen molar-refractivity contribution >= 4 is 5.97 Å². The summed E-state index contributed by atoms with van der Waals surface area (Å²) in [5, 5.41) is 3.27. The minimum absolute atomic E-state index is 0.131. The summed E-state index contributed by atoms with van der Waals surface area (Å²) in [6, 6.07) is -0.144. The first kappa shape index (κ1) is 15.4. The van der Waals surface area contributed by atoms with Gasteiger partial charge in [0, 0.05) is 6.54 Å². The summed E-state index contributed by atoms with van der Waals surface area (Å²) < 4.78 is 4.85. The molecule has 1 aliphatic rings. The van der Waals surface area contributed by atoms with E-state index in [1.165, 1.54) is 33.0 Å². The van der Waals surface area contributed by atoms with Crippen LogP contribution in [0.4, 0.5) is 0 Å². The molecule has 0 aromatic rings. The summed E-state index contributed by atoms with van der Waals surface area (Å²) in [6.07, 6.45) is 4.45. The highest BCUT2D eigenvalue weighted by molar-refractivity contribution is 5.75. The molecule has 106 valence electrons. The molecule has 1 N–H and O–H groups in total. The average molecular weight is 256 g/mol. The van der Waals surface area contributed by atoms with Gasteiger partial charge in [0.15, 0.2) is 0 Å². The van der Waals surface area contributed by atoms with Crippen LogP contribution in [-0.4, -0.2) is 50.2 Å². The van der Waals surface area contributed by atoms with Crippen molar-refractivity contribution in [2.24, 2.45) is 5.92 Å². The van der Waals surface area contributed by atoms with Gasteiger partial charge in [-0.05, 0) is 51.2 Å². The highest BCUT2D eigenvalue weighted by atomic mass is 16.5.